The Bertz CT molecular complexity index is 728. The highest BCUT2D eigenvalue weighted by Gasteiger charge is 2.26. The quantitative estimate of drug-likeness (QED) is 0.537. The first kappa shape index (κ1) is 19.7. The first-order valence-electron chi connectivity index (χ1n) is 7.94. The number of sulfonamides is 1. The fourth-order valence-electron chi connectivity index (χ4n) is 2.48. The van der Waals surface area contributed by atoms with Gasteiger partial charge in [-0.3, -0.25) is 4.79 Å². The molecular weight excluding hydrogens is 364 g/mol. The van der Waals surface area contributed by atoms with E-state index >= 15 is 0 Å². The normalized spacial score (nSPS) is 15.8. The zero-order chi connectivity index (χ0) is 18.4. The summed E-state index contributed by atoms with van der Waals surface area (Å²) in [6, 6.07) is 7.12. The van der Waals surface area contributed by atoms with E-state index in [1.165, 1.54) is 21.0 Å². The molecule has 1 amide bonds. The third-order valence-electron chi connectivity index (χ3n) is 3.79. The summed E-state index contributed by atoms with van der Waals surface area (Å²) in [6.45, 7) is 2.76. The van der Waals surface area contributed by atoms with Crippen molar-refractivity contribution in [2.24, 2.45) is 0 Å². The van der Waals surface area contributed by atoms with Crippen LogP contribution in [0.1, 0.15) is 17.3 Å². The van der Waals surface area contributed by atoms with Gasteiger partial charge in [0, 0.05) is 31.1 Å². The number of carbonyl (C=O) groups excluding carboxylic acids is 2. The molecule has 1 aliphatic heterocycles. The summed E-state index contributed by atoms with van der Waals surface area (Å²) in [5.41, 5.74) is 0.448. The number of amides is 1. The van der Waals surface area contributed by atoms with E-state index < -0.39 is 16.0 Å². The van der Waals surface area contributed by atoms with Crippen molar-refractivity contribution in [3.8, 4) is 0 Å². The monoisotopic (exact) mass is 386 g/mol. The maximum Gasteiger partial charge on any atom is 0.339 e. The average Bonchev–Trinajstić information content (AvgIpc) is 2.59. The summed E-state index contributed by atoms with van der Waals surface area (Å²) in [5.74, 6) is -0.0183. The molecule has 0 bridgehead atoms. The van der Waals surface area contributed by atoms with Crippen LogP contribution in [0.2, 0.25) is 0 Å². The number of benzene rings is 1. The molecule has 0 atom stereocenters. The van der Waals surface area contributed by atoms with E-state index in [-0.39, 0.29) is 25.6 Å². The van der Waals surface area contributed by atoms with E-state index in [2.05, 4.69) is 0 Å². The fraction of sp³-hybridized carbons (Fsp3) is 0.500. The molecule has 1 heterocycles. The smallest absolute Gasteiger partial charge is 0.339 e. The average molecular weight is 386 g/mol. The van der Waals surface area contributed by atoms with Crippen LogP contribution < -0.4 is 0 Å². The number of nitrogens with zero attached hydrogens (tertiary/aromatic N) is 2. The zero-order valence-corrected chi connectivity index (χ0v) is 15.9. The summed E-state index contributed by atoms with van der Waals surface area (Å²) >= 11 is 1.54. The van der Waals surface area contributed by atoms with Crippen molar-refractivity contribution in [2.45, 2.75) is 11.8 Å². The molecule has 0 spiro atoms. The molecule has 0 radical (unpaired) electrons. The number of thioether (sulfide) groups is 1. The lowest BCUT2D eigenvalue weighted by atomic mass is 10.2. The Morgan fingerprint density at radius 1 is 1.16 bits per heavy atom. The van der Waals surface area contributed by atoms with Gasteiger partial charge in [0.25, 0.3) is 5.91 Å². The van der Waals surface area contributed by atoms with E-state index in [1.54, 1.807) is 12.1 Å². The first-order chi connectivity index (χ1) is 11.8. The maximum absolute atomic E-state index is 12.2. The highest BCUT2D eigenvalue weighted by Crippen LogP contribution is 2.22. The number of piperazine rings is 1. The van der Waals surface area contributed by atoms with Crippen LogP contribution in [0.5, 0.6) is 0 Å². The van der Waals surface area contributed by atoms with Crippen molar-refractivity contribution in [1.82, 2.24) is 9.21 Å². The number of rotatable bonds is 6. The molecule has 1 aromatic carbocycles. The molecule has 2 rings (SSSR count). The van der Waals surface area contributed by atoms with Crippen molar-refractivity contribution >= 4 is 33.7 Å². The van der Waals surface area contributed by atoms with Gasteiger partial charge in [0.2, 0.25) is 10.0 Å². The van der Waals surface area contributed by atoms with Gasteiger partial charge in [-0.1, -0.05) is 19.1 Å². The second-order valence-corrected chi connectivity index (χ2v) is 8.84. The lowest BCUT2D eigenvalue weighted by Crippen LogP contribution is -2.51. The van der Waals surface area contributed by atoms with Crippen LogP contribution in [-0.2, 0) is 19.6 Å². The van der Waals surface area contributed by atoms with Crippen molar-refractivity contribution in [3.05, 3.63) is 29.8 Å². The molecule has 1 aliphatic rings. The van der Waals surface area contributed by atoms with E-state index in [1.807, 2.05) is 19.1 Å². The number of hydrogen-bond donors (Lipinski definition) is 0. The van der Waals surface area contributed by atoms with Crippen LogP contribution in [0.15, 0.2) is 29.2 Å². The van der Waals surface area contributed by atoms with Crippen LogP contribution in [-0.4, -0.2) is 74.3 Å². The van der Waals surface area contributed by atoms with Crippen LogP contribution in [0.3, 0.4) is 0 Å². The molecule has 25 heavy (non-hydrogen) atoms. The first-order valence-corrected chi connectivity index (χ1v) is 10.8. The van der Waals surface area contributed by atoms with E-state index in [0.717, 1.165) is 16.9 Å². The summed E-state index contributed by atoms with van der Waals surface area (Å²) in [6.07, 6.45) is 1.15. The predicted octanol–water partition coefficient (Wildman–Crippen LogP) is 1.06. The fourth-order valence-corrected chi connectivity index (χ4v) is 4.10. The topological polar surface area (TPSA) is 84.0 Å². The maximum atomic E-state index is 12.2. The molecule has 1 fully saturated rings. The summed E-state index contributed by atoms with van der Waals surface area (Å²) in [7, 11) is -3.24. The van der Waals surface area contributed by atoms with E-state index in [0.29, 0.717) is 18.7 Å². The number of hydrogen-bond acceptors (Lipinski definition) is 6. The Balaban J connectivity index is 1.87. The van der Waals surface area contributed by atoms with Crippen molar-refractivity contribution in [1.29, 1.82) is 0 Å². The number of ether oxygens (including phenoxy) is 1. The van der Waals surface area contributed by atoms with E-state index in [9.17, 15) is 18.0 Å². The molecule has 138 valence electrons. The molecule has 0 saturated carbocycles. The third-order valence-corrected chi connectivity index (χ3v) is 6.05. The Hall–Kier alpha value is -1.58. The van der Waals surface area contributed by atoms with Crippen molar-refractivity contribution < 1.29 is 22.7 Å². The molecule has 9 heteroatoms. The molecule has 1 saturated heterocycles. The minimum absolute atomic E-state index is 0.258. The number of esters is 1. The van der Waals surface area contributed by atoms with Gasteiger partial charge >= 0.3 is 5.97 Å². The highest BCUT2D eigenvalue weighted by molar-refractivity contribution is 7.99. The van der Waals surface area contributed by atoms with Gasteiger partial charge in [-0.25, -0.2) is 13.2 Å². The van der Waals surface area contributed by atoms with Gasteiger partial charge in [-0.15, -0.1) is 11.8 Å². The van der Waals surface area contributed by atoms with Gasteiger partial charge < -0.3 is 9.64 Å². The Morgan fingerprint density at radius 3 is 2.40 bits per heavy atom. The second kappa shape index (κ2) is 8.68. The standard InChI is InChI=1S/C16H22N2O5S2/c1-3-24-14-7-5-4-6-13(14)16(20)23-12-15(19)17-8-10-18(11-9-17)25(2,21)22/h4-7H,3,8-12H2,1-2H3. The molecular formula is C16H22N2O5S2. The molecule has 1 aromatic rings. The largest absolute Gasteiger partial charge is 0.452 e. The summed E-state index contributed by atoms with van der Waals surface area (Å²) in [4.78, 5) is 26.7. The summed E-state index contributed by atoms with van der Waals surface area (Å²) < 4.78 is 29.4. The van der Waals surface area contributed by atoms with Crippen molar-refractivity contribution in [3.63, 3.8) is 0 Å². The molecule has 0 aromatic heterocycles. The van der Waals surface area contributed by atoms with Gasteiger partial charge in [-0.2, -0.15) is 4.31 Å². The predicted molar refractivity (Wildman–Crippen MR) is 96.1 cm³/mol. The molecule has 0 aliphatic carbocycles. The molecule has 7 nitrogen and oxygen atoms in total. The minimum Gasteiger partial charge on any atom is -0.452 e. The van der Waals surface area contributed by atoms with Gasteiger partial charge in [-0.05, 0) is 17.9 Å². The molecule has 0 N–H and O–H groups in total. The van der Waals surface area contributed by atoms with Crippen LogP contribution in [0.25, 0.3) is 0 Å². The van der Waals surface area contributed by atoms with Crippen LogP contribution in [0, 0.1) is 0 Å². The van der Waals surface area contributed by atoms with Crippen LogP contribution in [0.4, 0.5) is 0 Å². The van der Waals surface area contributed by atoms with Gasteiger partial charge in [0.05, 0.1) is 11.8 Å². The minimum atomic E-state index is -3.24. The van der Waals surface area contributed by atoms with Gasteiger partial charge in [0.15, 0.2) is 6.61 Å². The van der Waals surface area contributed by atoms with Crippen LogP contribution >= 0.6 is 11.8 Å². The zero-order valence-electron chi connectivity index (χ0n) is 14.3. The van der Waals surface area contributed by atoms with Gasteiger partial charge in [0.1, 0.15) is 0 Å². The lowest BCUT2D eigenvalue weighted by molar-refractivity contribution is -0.135. The SMILES string of the molecule is CCSc1ccccc1C(=O)OCC(=O)N1CCN(S(C)(=O)=O)CC1. The van der Waals surface area contributed by atoms with E-state index in [4.69, 9.17) is 4.74 Å². The summed E-state index contributed by atoms with van der Waals surface area (Å²) in [5, 5.41) is 0. The second-order valence-electron chi connectivity index (χ2n) is 5.55. The third kappa shape index (κ3) is 5.45. The lowest BCUT2D eigenvalue weighted by Gasteiger charge is -2.33. The Labute approximate surface area is 152 Å². The number of carbonyl (C=O) groups is 2. The Kier molecular flexibility index (Phi) is 6.86. The molecule has 0 unspecified atom stereocenters. The highest BCUT2D eigenvalue weighted by atomic mass is 32.2. The Morgan fingerprint density at radius 2 is 1.80 bits per heavy atom. The van der Waals surface area contributed by atoms with Crippen molar-refractivity contribution in [2.75, 3.05) is 44.8 Å².